The highest BCUT2D eigenvalue weighted by Gasteiger charge is 2.31. The minimum absolute atomic E-state index is 0.00289. The number of hydrogen-bond donors (Lipinski definition) is 0. The van der Waals surface area contributed by atoms with E-state index in [4.69, 9.17) is 9.47 Å². The molecule has 280 valence electrons. The highest BCUT2D eigenvalue weighted by molar-refractivity contribution is 8.00. The molecule has 0 saturated heterocycles. The Morgan fingerprint density at radius 1 is 0.625 bits per heavy atom. The van der Waals surface area contributed by atoms with E-state index in [9.17, 15) is 37.3 Å². The first-order valence-electron chi connectivity index (χ1n) is 16.9. The average molecular weight is 789 g/mol. The van der Waals surface area contributed by atoms with Gasteiger partial charge in [0.1, 0.15) is 50.1 Å². The van der Waals surface area contributed by atoms with Gasteiger partial charge in [-0.3, -0.25) is 13.9 Å². The Hall–Kier alpha value is -6.74. The van der Waals surface area contributed by atoms with E-state index in [1.807, 2.05) is 24.3 Å². The van der Waals surface area contributed by atoms with Crippen LogP contribution in [0.1, 0.15) is 22.3 Å². The number of sulfonamides is 1. The third-order valence-electron chi connectivity index (χ3n) is 8.37. The molecule has 0 fully saturated rings. The molecular weight excluding hydrogens is 759 g/mol. The van der Waals surface area contributed by atoms with E-state index in [1.165, 1.54) is 18.2 Å². The van der Waals surface area contributed by atoms with Crippen LogP contribution in [-0.2, 0) is 42.3 Å². The van der Waals surface area contributed by atoms with Gasteiger partial charge in [0.15, 0.2) is 0 Å². The zero-order valence-corrected chi connectivity index (χ0v) is 31.0. The quantitative estimate of drug-likeness (QED) is 0.0787. The number of hydrogen-bond acceptors (Lipinski definition) is 10. The molecule has 0 unspecified atom stereocenters. The summed E-state index contributed by atoms with van der Waals surface area (Å²) in [7, 11) is -4.66. The van der Waals surface area contributed by atoms with Gasteiger partial charge in [-0.2, -0.15) is 10.5 Å². The van der Waals surface area contributed by atoms with Crippen molar-refractivity contribution in [3.05, 3.63) is 167 Å². The molecule has 56 heavy (non-hydrogen) atoms. The van der Waals surface area contributed by atoms with Crippen molar-refractivity contribution in [2.75, 3.05) is 21.7 Å². The summed E-state index contributed by atoms with van der Waals surface area (Å²) in [6, 6.07) is 37.7. The third kappa shape index (κ3) is 9.13. The molecule has 14 heteroatoms. The van der Waals surface area contributed by atoms with Gasteiger partial charge in [-0.1, -0.05) is 84.9 Å². The number of benzene rings is 6. The number of carbonyl (C=O) groups excluding carboxylic acids is 2. The molecule has 0 N–H and O–H groups in total. The summed E-state index contributed by atoms with van der Waals surface area (Å²) in [6.07, 6.45) is 0. The molecule has 6 rings (SSSR count). The maximum Gasteiger partial charge on any atom is 0.327 e. The molecule has 0 spiro atoms. The van der Waals surface area contributed by atoms with Gasteiger partial charge in [0.25, 0.3) is 10.0 Å². The number of nitrogens with zero attached hydrogens (tertiary/aromatic N) is 4. The summed E-state index contributed by atoms with van der Waals surface area (Å²) >= 11 is 1.02. The molecule has 6 aromatic carbocycles. The van der Waals surface area contributed by atoms with Crippen molar-refractivity contribution in [1.82, 2.24) is 0 Å². The van der Waals surface area contributed by atoms with Crippen molar-refractivity contribution in [1.29, 1.82) is 10.5 Å². The smallest absolute Gasteiger partial charge is 0.327 e. The predicted molar refractivity (Wildman–Crippen MR) is 206 cm³/mol. The lowest BCUT2D eigenvalue weighted by molar-refractivity contribution is -0.143. The molecule has 0 bridgehead atoms. The van der Waals surface area contributed by atoms with E-state index in [2.05, 4.69) is 0 Å². The Kier molecular flexibility index (Phi) is 12.2. The number of ether oxygens (including phenoxy) is 2. The van der Waals surface area contributed by atoms with E-state index in [0.717, 1.165) is 46.1 Å². The summed E-state index contributed by atoms with van der Waals surface area (Å²) in [5.74, 6) is -3.15. The van der Waals surface area contributed by atoms with Crippen LogP contribution < -0.4 is 8.61 Å². The second-order valence-electron chi connectivity index (χ2n) is 12.1. The fraction of sp³-hybridized carbons (Fsp3) is 0.0952. The number of esters is 2. The van der Waals surface area contributed by atoms with Crippen molar-refractivity contribution in [3.63, 3.8) is 0 Å². The van der Waals surface area contributed by atoms with Gasteiger partial charge in [-0.05, 0) is 71.6 Å². The topological polar surface area (TPSA) is 141 Å². The Morgan fingerprint density at radius 2 is 1.12 bits per heavy atom. The van der Waals surface area contributed by atoms with Crippen LogP contribution in [0.2, 0.25) is 0 Å². The zero-order chi connectivity index (χ0) is 39.7. The van der Waals surface area contributed by atoms with Gasteiger partial charge >= 0.3 is 11.9 Å². The van der Waals surface area contributed by atoms with E-state index in [-0.39, 0.29) is 31.0 Å². The van der Waals surface area contributed by atoms with Crippen LogP contribution in [0.3, 0.4) is 0 Å². The number of rotatable bonds is 14. The third-order valence-corrected chi connectivity index (χ3v) is 11.1. The fourth-order valence-corrected chi connectivity index (χ4v) is 8.06. The first-order chi connectivity index (χ1) is 27.1. The maximum atomic E-state index is 14.4. The van der Waals surface area contributed by atoms with Crippen molar-refractivity contribution in [2.45, 2.75) is 23.0 Å². The van der Waals surface area contributed by atoms with Gasteiger partial charge in [0.2, 0.25) is 0 Å². The van der Waals surface area contributed by atoms with Crippen molar-refractivity contribution >= 4 is 56.1 Å². The zero-order valence-electron chi connectivity index (χ0n) is 29.3. The van der Waals surface area contributed by atoms with E-state index >= 15 is 0 Å². The molecule has 0 aliphatic rings. The number of fused-ring (bicyclic) bond motifs is 1. The Bertz CT molecular complexity index is 2600. The standard InChI is InChI=1S/C42H30F2N4O6S2/c43-37-17-15-33(21-31(37)23-45)55-47(25-41(49)53-27-29-9-3-1-4-10-29)39-19-20-40(36-14-8-7-13-35(36)39)48(26-42(50)54-28-30-11-5-2-6-12-30)56(51,52)34-16-18-38(44)32(22-34)24-46/h1-22H,25-28H2. The summed E-state index contributed by atoms with van der Waals surface area (Å²) in [5, 5.41) is 19.7. The summed E-state index contributed by atoms with van der Waals surface area (Å²) in [5.41, 5.74) is 1.16. The Balaban J connectivity index is 1.42. The lowest BCUT2D eigenvalue weighted by atomic mass is 10.1. The monoisotopic (exact) mass is 788 g/mol. The molecule has 0 aromatic heterocycles. The van der Waals surface area contributed by atoms with E-state index < -0.39 is 50.6 Å². The molecule has 10 nitrogen and oxygen atoms in total. The van der Waals surface area contributed by atoms with Gasteiger partial charge in [-0.25, -0.2) is 17.2 Å². The molecule has 0 heterocycles. The molecule has 0 radical (unpaired) electrons. The van der Waals surface area contributed by atoms with Crippen LogP contribution in [0, 0.1) is 34.3 Å². The molecule has 0 amide bonds. The lowest BCUT2D eigenvalue weighted by Gasteiger charge is -2.28. The first kappa shape index (κ1) is 39.0. The Morgan fingerprint density at radius 3 is 1.71 bits per heavy atom. The normalized spacial score (nSPS) is 10.9. The minimum atomic E-state index is -4.66. The molecule has 0 aliphatic heterocycles. The fourth-order valence-electron chi connectivity index (χ4n) is 5.62. The largest absolute Gasteiger partial charge is 0.459 e. The number of carbonyl (C=O) groups is 2. The lowest BCUT2D eigenvalue weighted by Crippen LogP contribution is -2.37. The molecule has 0 saturated carbocycles. The van der Waals surface area contributed by atoms with Gasteiger partial charge in [-0.15, -0.1) is 0 Å². The Labute approximate surface area is 325 Å². The highest BCUT2D eigenvalue weighted by Crippen LogP contribution is 2.40. The van der Waals surface area contributed by atoms with Crippen molar-refractivity contribution in [2.24, 2.45) is 0 Å². The van der Waals surface area contributed by atoms with Crippen LogP contribution >= 0.6 is 11.9 Å². The van der Waals surface area contributed by atoms with E-state index in [1.54, 1.807) is 83.2 Å². The number of nitriles is 2. The van der Waals surface area contributed by atoms with Gasteiger partial charge < -0.3 is 13.8 Å². The molecule has 0 atom stereocenters. The van der Waals surface area contributed by atoms with Crippen molar-refractivity contribution in [3.8, 4) is 12.1 Å². The van der Waals surface area contributed by atoms with Gasteiger partial charge in [0.05, 0.1) is 27.4 Å². The number of halogens is 2. The van der Waals surface area contributed by atoms with Crippen molar-refractivity contribution < 1.29 is 36.3 Å². The summed E-state index contributed by atoms with van der Waals surface area (Å²) in [6.45, 7) is -1.27. The maximum absolute atomic E-state index is 14.4. The molecule has 0 aliphatic carbocycles. The van der Waals surface area contributed by atoms with E-state index in [0.29, 0.717) is 26.9 Å². The van der Waals surface area contributed by atoms with Crippen LogP contribution in [-0.4, -0.2) is 33.4 Å². The second-order valence-corrected chi connectivity index (χ2v) is 15.0. The van der Waals surface area contributed by atoms with Gasteiger partial charge in [0, 0.05) is 15.7 Å². The van der Waals surface area contributed by atoms with Crippen LogP contribution in [0.5, 0.6) is 0 Å². The molecule has 6 aromatic rings. The summed E-state index contributed by atoms with van der Waals surface area (Å²) < 4.78 is 70.9. The SMILES string of the molecule is N#Cc1cc(SN(CC(=O)OCc2ccccc2)c2ccc(N(CC(=O)OCc3ccccc3)S(=O)(=O)c3ccc(F)c(C#N)c3)c3ccccc23)ccc1F. The second kappa shape index (κ2) is 17.6. The number of anilines is 2. The van der Waals surface area contributed by atoms with Crippen LogP contribution in [0.4, 0.5) is 20.2 Å². The minimum Gasteiger partial charge on any atom is -0.459 e. The summed E-state index contributed by atoms with van der Waals surface area (Å²) in [4.78, 5) is 26.7. The van der Waals surface area contributed by atoms with Crippen LogP contribution in [0.25, 0.3) is 10.8 Å². The first-order valence-corrected chi connectivity index (χ1v) is 19.1. The van der Waals surface area contributed by atoms with Crippen LogP contribution in [0.15, 0.2) is 143 Å². The highest BCUT2D eigenvalue weighted by atomic mass is 32.2. The molecular formula is C42H30F2N4O6S2. The predicted octanol–water partition coefficient (Wildman–Crippen LogP) is 8.06. The average Bonchev–Trinajstić information content (AvgIpc) is 3.22.